The SMILES string of the molecule is CN=C(NCCc1csc(C)n1)NCc1noc(C(C)(C)C)n1. The molecule has 2 rings (SSSR count). The van der Waals surface area contributed by atoms with Crippen molar-refractivity contribution in [2.45, 2.75) is 46.1 Å². The van der Waals surface area contributed by atoms with Gasteiger partial charge < -0.3 is 15.2 Å². The molecule has 0 amide bonds. The van der Waals surface area contributed by atoms with Gasteiger partial charge in [-0.3, -0.25) is 4.99 Å². The highest BCUT2D eigenvalue weighted by Crippen LogP contribution is 2.19. The fourth-order valence-corrected chi connectivity index (χ4v) is 2.49. The number of hydrogen-bond acceptors (Lipinski definition) is 6. The van der Waals surface area contributed by atoms with E-state index in [1.807, 2.05) is 27.7 Å². The molecule has 8 heteroatoms. The summed E-state index contributed by atoms with van der Waals surface area (Å²) in [5, 5.41) is 13.6. The Morgan fingerprint density at radius 3 is 2.65 bits per heavy atom. The molecule has 0 aliphatic heterocycles. The van der Waals surface area contributed by atoms with Crippen LogP contribution in [0.5, 0.6) is 0 Å². The van der Waals surface area contributed by atoms with Gasteiger partial charge in [0.05, 0.1) is 17.2 Å². The molecule has 0 aliphatic carbocycles. The molecule has 0 radical (unpaired) electrons. The largest absolute Gasteiger partial charge is 0.356 e. The maximum absolute atomic E-state index is 5.27. The van der Waals surface area contributed by atoms with Gasteiger partial charge in [-0.25, -0.2) is 4.98 Å². The number of aromatic nitrogens is 3. The van der Waals surface area contributed by atoms with Crippen molar-refractivity contribution in [2.24, 2.45) is 4.99 Å². The third kappa shape index (κ3) is 5.31. The molecule has 7 nitrogen and oxygen atoms in total. The van der Waals surface area contributed by atoms with Gasteiger partial charge >= 0.3 is 0 Å². The van der Waals surface area contributed by atoms with Gasteiger partial charge in [-0.05, 0) is 6.92 Å². The molecule has 126 valence electrons. The Bertz CT molecular complexity index is 655. The van der Waals surface area contributed by atoms with E-state index in [9.17, 15) is 0 Å². The molecule has 0 spiro atoms. The predicted molar refractivity (Wildman–Crippen MR) is 91.8 cm³/mol. The summed E-state index contributed by atoms with van der Waals surface area (Å²) >= 11 is 1.67. The van der Waals surface area contributed by atoms with Crippen molar-refractivity contribution in [1.29, 1.82) is 0 Å². The van der Waals surface area contributed by atoms with E-state index >= 15 is 0 Å². The summed E-state index contributed by atoms with van der Waals surface area (Å²) in [6.07, 6.45) is 0.863. The van der Waals surface area contributed by atoms with Crippen molar-refractivity contribution in [1.82, 2.24) is 25.8 Å². The normalized spacial score (nSPS) is 12.5. The summed E-state index contributed by atoms with van der Waals surface area (Å²) in [6, 6.07) is 0. The first kappa shape index (κ1) is 17.4. The molecule has 0 fully saturated rings. The van der Waals surface area contributed by atoms with E-state index < -0.39 is 0 Å². The Morgan fingerprint density at radius 2 is 2.09 bits per heavy atom. The Kier molecular flexibility index (Phi) is 5.70. The lowest BCUT2D eigenvalue weighted by molar-refractivity contribution is 0.318. The fraction of sp³-hybridized carbons (Fsp3) is 0.600. The van der Waals surface area contributed by atoms with Crippen LogP contribution in [0.15, 0.2) is 14.9 Å². The zero-order valence-corrected chi connectivity index (χ0v) is 15.1. The molecule has 2 aromatic rings. The quantitative estimate of drug-likeness (QED) is 0.642. The van der Waals surface area contributed by atoms with E-state index in [4.69, 9.17) is 4.52 Å². The Labute approximate surface area is 140 Å². The van der Waals surface area contributed by atoms with E-state index in [0.717, 1.165) is 23.7 Å². The van der Waals surface area contributed by atoms with E-state index in [1.54, 1.807) is 18.4 Å². The summed E-state index contributed by atoms with van der Waals surface area (Å²) in [6.45, 7) is 9.37. The van der Waals surface area contributed by atoms with Crippen molar-refractivity contribution in [3.05, 3.63) is 27.8 Å². The first-order chi connectivity index (χ1) is 10.9. The zero-order valence-electron chi connectivity index (χ0n) is 14.3. The van der Waals surface area contributed by atoms with Crippen LogP contribution >= 0.6 is 11.3 Å². The van der Waals surface area contributed by atoms with Crippen LogP contribution < -0.4 is 10.6 Å². The van der Waals surface area contributed by atoms with Crippen LogP contribution in [0.4, 0.5) is 0 Å². The third-order valence-electron chi connectivity index (χ3n) is 3.09. The molecule has 0 aromatic carbocycles. The van der Waals surface area contributed by atoms with E-state index in [1.165, 1.54) is 0 Å². The summed E-state index contributed by atoms with van der Waals surface area (Å²) in [5.41, 5.74) is 0.958. The Morgan fingerprint density at radius 1 is 1.30 bits per heavy atom. The van der Waals surface area contributed by atoms with Crippen LogP contribution in [-0.2, 0) is 18.4 Å². The lowest BCUT2D eigenvalue weighted by atomic mass is 9.97. The highest BCUT2D eigenvalue weighted by molar-refractivity contribution is 7.09. The molecular formula is C15H24N6OS. The third-order valence-corrected chi connectivity index (χ3v) is 3.91. The van der Waals surface area contributed by atoms with Gasteiger partial charge in [0, 0.05) is 30.8 Å². The standard InChI is InChI=1S/C15H24N6OS/c1-10-19-11(9-23-10)6-7-17-14(16-5)18-8-12-20-13(22-21-12)15(2,3)4/h9H,6-8H2,1-5H3,(H2,16,17,18). The van der Waals surface area contributed by atoms with Crippen LogP contribution in [0.1, 0.15) is 43.2 Å². The van der Waals surface area contributed by atoms with Gasteiger partial charge in [0.25, 0.3) is 0 Å². The number of aliphatic imine (C=N–C) groups is 1. The van der Waals surface area contributed by atoms with Crippen LogP contribution in [0, 0.1) is 6.92 Å². The molecule has 0 aliphatic rings. The summed E-state index contributed by atoms with van der Waals surface area (Å²) < 4.78 is 5.27. The van der Waals surface area contributed by atoms with Crippen molar-refractivity contribution >= 4 is 17.3 Å². The summed E-state index contributed by atoms with van der Waals surface area (Å²) in [4.78, 5) is 13.0. The second-order valence-electron chi connectivity index (χ2n) is 6.23. The molecular weight excluding hydrogens is 312 g/mol. The van der Waals surface area contributed by atoms with Gasteiger partial charge in [0.2, 0.25) is 5.89 Å². The molecule has 0 bridgehead atoms. The minimum absolute atomic E-state index is 0.142. The van der Waals surface area contributed by atoms with Crippen LogP contribution in [0.2, 0.25) is 0 Å². The Balaban J connectivity index is 1.77. The molecule has 0 atom stereocenters. The number of aryl methyl sites for hydroxylation is 1. The number of hydrogen-bond donors (Lipinski definition) is 2. The first-order valence-electron chi connectivity index (χ1n) is 7.57. The fourth-order valence-electron chi connectivity index (χ4n) is 1.85. The number of guanidine groups is 1. The van der Waals surface area contributed by atoms with Gasteiger partial charge in [-0.15, -0.1) is 11.3 Å². The highest BCUT2D eigenvalue weighted by atomic mass is 32.1. The van der Waals surface area contributed by atoms with Crippen molar-refractivity contribution in [3.8, 4) is 0 Å². The van der Waals surface area contributed by atoms with Crippen molar-refractivity contribution in [2.75, 3.05) is 13.6 Å². The predicted octanol–water partition coefficient (Wildman–Crippen LogP) is 2.04. The molecule has 0 unspecified atom stereocenters. The second kappa shape index (κ2) is 7.54. The lowest BCUT2D eigenvalue weighted by Crippen LogP contribution is -2.38. The molecule has 0 saturated carbocycles. The number of thiazole rings is 1. The Hall–Kier alpha value is -1.96. The van der Waals surface area contributed by atoms with Crippen molar-refractivity contribution < 1.29 is 4.52 Å². The first-order valence-corrected chi connectivity index (χ1v) is 8.45. The van der Waals surface area contributed by atoms with Gasteiger partial charge in [0.15, 0.2) is 11.8 Å². The van der Waals surface area contributed by atoms with Crippen molar-refractivity contribution in [3.63, 3.8) is 0 Å². The molecule has 0 saturated heterocycles. The average molecular weight is 336 g/mol. The van der Waals surface area contributed by atoms with Crippen LogP contribution in [0.25, 0.3) is 0 Å². The molecule has 2 heterocycles. The maximum Gasteiger partial charge on any atom is 0.232 e. The lowest BCUT2D eigenvalue weighted by Gasteiger charge is -2.11. The topological polar surface area (TPSA) is 88.2 Å². The van der Waals surface area contributed by atoms with Gasteiger partial charge in [-0.1, -0.05) is 25.9 Å². The van der Waals surface area contributed by atoms with E-state index in [0.29, 0.717) is 24.2 Å². The average Bonchev–Trinajstić information content (AvgIpc) is 3.11. The second-order valence-corrected chi connectivity index (χ2v) is 7.29. The molecule has 23 heavy (non-hydrogen) atoms. The number of nitrogens with zero attached hydrogens (tertiary/aromatic N) is 4. The zero-order chi connectivity index (χ0) is 16.9. The van der Waals surface area contributed by atoms with E-state index in [-0.39, 0.29) is 5.41 Å². The number of rotatable bonds is 5. The van der Waals surface area contributed by atoms with Crippen LogP contribution in [-0.4, -0.2) is 34.7 Å². The van der Waals surface area contributed by atoms with Gasteiger partial charge in [-0.2, -0.15) is 4.98 Å². The molecule has 2 aromatic heterocycles. The monoisotopic (exact) mass is 336 g/mol. The maximum atomic E-state index is 5.27. The number of nitrogens with one attached hydrogen (secondary N) is 2. The smallest absolute Gasteiger partial charge is 0.232 e. The summed E-state index contributed by atoms with van der Waals surface area (Å²) in [5.74, 6) is 1.96. The highest BCUT2D eigenvalue weighted by Gasteiger charge is 2.21. The minimum Gasteiger partial charge on any atom is -0.356 e. The van der Waals surface area contributed by atoms with Gasteiger partial charge in [0.1, 0.15) is 0 Å². The summed E-state index contributed by atoms with van der Waals surface area (Å²) in [7, 11) is 1.74. The molecule has 2 N–H and O–H groups in total. The van der Waals surface area contributed by atoms with Crippen LogP contribution in [0.3, 0.4) is 0 Å². The van der Waals surface area contributed by atoms with E-state index in [2.05, 4.69) is 36.1 Å². The minimum atomic E-state index is -0.142.